The number of furan rings is 1. The molecule has 1 saturated heterocycles. The van der Waals surface area contributed by atoms with Crippen LogP contribution in [0, 0.1) is 5.41 Å². The van der Waals surface area contributed by atoms with Crippen LogP contribution in [0.2, 0.25) is 0 Å². The van der Waals surface area contributed by atoms with E-state index in [2.05, 4.69) is 37.6 Å². The van der Waals surface area contributed by atoms with Crippen LogP contribution in [0.4, 0.5) is 0 Å². The van der Waals surface area contributed by atoms with Crippen molar-refractivity contribution in [2.75, 3.05) is 13.1 Å². The van der Waals surface area contributed by atoms with Crippen LogP contribution < -0.4 is 0 Å². The zero-order valence-electron chi connectivity index (χ0n) is 13.7. The number of rotatable bonds is 4. The number of aromatic nitrogens is 3. The Morgan fingerprint density at radius 1 is 1.46 bits per heavy atom. The first kappa shape index (κ1) is 15.9. The summed E-state index contributed by atoms with van der Waals surface area (Å²) >= 11 is 3.27. The van der Waals surface area contributed by atoms with Crippen LogP contribution in [-0.2, 0) is 6.54 Å². The topological polar surface area (TPSA) is 64.2 Å². The van der Waals surface area contributed by atoms with Crippen molar-refractivity contribution in [2.24, 2.45) is 5.41 Å². The second-order valence-corrected chi connectivity index (χ2v) is 7.72. The molecule has 1 spiro atoms. The van der Waals surface area contributed by atoms with Gasteiger partial charge in [-0.15, -0.1) is 10.2 Å². The molecule has 3 heterocycles. The normalized spacial score (nSPS) is 22.1. The van der Waals surface area contributed by atoms with Gasteiger partial charge in [-0.05, 0) is 52.7 Å². The van der Waals surface area contributed by atoms with Crippen LogP contribution in [-0.4, -0.2) is 38.7 Å². The predicted octanol–water partition coefficient (Wildman–Crippen LogP) is 3.45. The van der Waals surface area contributed by atoms with Gasteiger partial charge < -0.3 is 13.9 Å². The Morgan fingerprint density at radius 3 is 2.92 bits per heavy atom. The first-order valence-electron chi connectivity index (χ1n) is 8.55. The molecule has 1 amide bonds. The molecular weight excluding hydrogens is 372 g/mol. The maximum atomic E-state index is 12.8. The van der Waals surface area contributed by atoms with Crippen LogP contribution in [0.15, 0.2) is 27.5 Å². The van der Waals surface area contributed by atoms with E-state index in [9.17, 15) is 4.79 Å². The van der Waals surface area contributed by atoms with Crippen LogP contribution in [0.5, 0.6) is 0 Å². The van der Waals surface area contributed by atoms with Crippen LogP contribution in [0.1, 0.15) is 54.9 Å². The largest absolute Gasteiger partial charge is 0.444 e. The molecule has 1 aliphatic carbocycles. The van der Waals surface area contributed by atoms with Gasteiger partial charge in [-0.1, -0.05) is 13.3 Å². The Morgan fingerprint density at radius 2 is 2.29 bits per heavy atom. The Hall–Kier alpha value is -1.63. The van der Waals surface area contributed by atoms with E-state index in [4.69, 9.17) is 4.42 Å². The van der Waals surface area contributed by atoms with Gasteiger partial charge in [0.25, 0.3) is 5.91 Å². The number of nitrogens with zero attached hydrogens (tertiary/aromatic N) is 4. The number of amides is 1. The summed E-state index contributed by atoms with van der Waals surface area (Å²) in [4.78, 5) is 14.7. The number of likely N-dealkylation sites (tertiary alicyclic amines) is 1. The molecule has 6 nitrogen and oxygen atoms in total. The van der Waals surface area contributed by atoms with E-state index < -0.39 is 0 Å². The highest BCUT2D eigenvalue weighted by Crippen LogP contribution is 2.55. The molecule has 2 aromatic rings. The van der Waals surface area contributed by atoms with E-state index in [1.807, 2.05) is 11.2 Å². The molecule has 2 aromatic heterocycles. The molecule has 0 bridgehead atoms. The van der Waals surface area contributed by atoms with E-state index in [-0.39, 0.29) is 17.2 Å². The lowest BCUT2D eigenvalue weighted by Crippen LogP contribution is -2.38. The molecule has 4 rings (SSSR count). The van der Waals surface area contributed by atoms with Crippen molar-refractivity contribution in [2.45, 2.75) is 45.1 Å². The third-order valence-corrected chi connectivity index (χ3v) is 5.92. The molecule has 2 fully saturated rings. The lowest BCUT2D eigenvalue weighted by molar-refractivity contribution is 0.0692. The number of halogens is 1. The zero-order valence-corrected chi connectivity index (χ0v) is 15.3. The lowest BCUT2D eigenvalue weighted by atomic mass is 9.62. The molecule has 24 heavy (non-hydrogen) atoms. The molecule has 7 heteroatoms. The molecule has 0 N–H and O–H groups in total. The van der Waals surface area contributed by atoms with Crippen molar-refractivity contribution >= 4 is 21.8 Å². The molecule has 2 aliphatic rings. The summed E-state index contributed by atoms with van der Waals surface area (Å²) in [5, 5.41) is 8.53. The Kier molecular flexibility index (Phi) is 3.98. The SMILES string of the molecule is CCCn1cnnc1C1CN(C(=O)c2ccc(Br)o2)CC12CCC2. The number of hydrogen-bond donors (Lipinski definition) is 0. The van der Waals surface area contributed by atoms with Gasteiger partial charge in [-0.2, -0.15) is 0 Å². The van der Waals surface area contributed by atoms with Crippen molar-refractivity contribution in [3.05, 3.63) is 34.7 Å². The lowest BCUT2D eigenvalue weighted by Gasteiger charge is -2.42. The molecular formula is C17H21BrN4O2. The Labute approximate surface area is 149 Å². The smallest absolute Gasteiger partial charge is 0.289 e. The van der Waals surface area contributed by atoms with E-state index in [0.717, 1.165) is 38.2 Å². The van der Waals surface area contributed by atoms with Gasteiger partial charge in [0.1, 0.15) is 12.2 Å². The monoisotopic (exact) mass is 392 g/mol. The number of carbonyl (C=O) groups excluding carboxylic acids is 1. The number of hydrogen-bond acceptors (Lipinski definition) is 4. The van der Waals surface area contributed by atoms with Gasteiger partial charge in [-0.25, -0.2) is 0 Å². The van der Waals surface area contributed by atoms with E-state index in [0.29, 0.717) is 17.0 Å². The Balaban J connectivity index is 1.61. The summed E-state index contributed by atoms with van der Waals surface area (Å²) in [5.41, 5.74) is 0.165. The summed E-state index contributed by atoms with van der Waals surface area (Å²) in [7, 11) is 0. The standard InChI is InChI=1S/C17H21BrN4O2/c1-2-8-21-11-19-20-15(21)12-9-22(10-17(12)6-3-7-17)16(23)13-4-5-14(18)24-13/h4-5,11-12H,2-3,6-10H2,1H3. The van der Waals surface area contributed by atoms with E-state index in [1.165, 1.54) is 6.42 Å². The van der Waals surface area contributed by atoms with Gasteiger partial charge in [0.2, 0.25) is 0 Å². The highest BCUT2D eigenvalue weighted by atomic mass is 79.9. The van der Waals surface area contributed by atoms with Gasteiger partial charge in [0, 0.05) is 25.6 Å². The van der Waals surface area contributed by atoms with E-state index in [1.54, 1.807) is 12.1 Å². The van der Waals surface area contributed by atoms with Crippen molar-refractivity contribution in [1.82, 2.24) is 19.7 Å². The average molecular weight is 393 g/mol. The summed E-state index contributed by atoms with van der Waals surface area (Å²) in [5.74, 6) is 1.66. The number of aryl methyl sites for hydroxylation is 1. The van der Waals surface area contributed by atoms with Crippen LogP contribution in [0.25, 0.3) is 0 Å². The molecule has 128 valence electrons. The second kappa shape index (κ2) is 6.02. The highest BCUT2D eigenvalue weighted by molar-refractivity contribution is 9.10. The highest BCUT2D eigenvalue weighted by Gasteiger charge is 2.53. The van der Waals surface area contributed by atoms with Crippen molar-refractivity contribution < 1.29 is 9.21 Å². The molecule has 1 atom stereocenters. The van der Waals surface area contributed by atoms with Gasteiger partial charge in [0.05, 0.1) is 0 Å². The first-order valence-corrected chi connectivity index (χ1v) is 9.34. The minimum Gasteiger partial charge on any atom is -0.444 e. The van der Waals surface area contributed by atoms with E-state index >= 15 is 0 Å². The summed E-state index contributed by atoms with van der Waals surface area (Å²) in [6, 6.07) is 3.49. The Bertz CT molecular complexity index is 749. The van der Waals surface area contributed by atoms with Gasteiger partial charge in [-0.3, -0.25) is 4.79 Å². The quantitative estimate of drug-likeness (QED) is 0.798. The van der Waals surface area contributed by atoms with Crippen LogP contribution >= 0.6 is 15.9 Å². The summed E-state index contributed by atoms with van der Waals surface area (Å²) in [6.07, 6.45) is 6.41. The fraction of sp³-hybridized carbons (Fsp3) is 0.588. The van der Waals surface area contributed by atoms with Crippen LogP contribution in [0.3, 0.4) is 0 Å². The second-order valence-electron chi connectivity index (χ2n) is 6.94. The molecule has 0 radical (unpaired) electrons. The molecule has 1 saturated carbocycles. The predicted molar refractivity (Wildman–Crippen MR) is 91.6 cm³/mol. The third-order valence-electron chi connectivity index (χ3n) is 5.49. The molecule has 0 aromatic carbocycles. The minimum absolute atomic E-state index is 0.0315. The maximum Gasteiger partial charge on any atom is 0.289 e. The van der Waals surface area contributed by atoms with Crippen molar-refractivity contribution in [1.29, 1.82) is 0 Å². The molecule has 1 unspecified atom stereocenters. The molecule has 1 aliphatic heterocycles. The minimum atomic E-state index is -0.0315. The third kappa shape index (κ3) is 2.49. The summed E-state index contributed by atoms with van der Waals surface area (Å²) < 4.78 is 8.20. The first-order chi connectivity index (χ1) is 11.6. The fourth-order valence-corrected chi connectivity index (χ4v) is 4.46. The zero-order chi connectivity index (χ0) is 16.7. The van der Waals surface area contributed by atoms with Crippen molar-refractivity contribution in [3.8, 4) is 0 Å². The van der Waals surface area contributed by atoms with Gasteiger partial charge >= 0.3 is 0 Å². The van der Waals surface area contributed by atoms with Crippen molar-refractivity contribution in [3.63, 3.8) is 0 Å². The number of carbonyl (C=O) groups is 1. The van der Waals surface area contributed by atoms with Gasteiger partial charge in [0.15, 0.2) is 10.4 Å². The summed E-state index contributed by atoms with van der Waals surface area (Å²) in [6.45, 7) is 4.56. The average Bonchev–Trinajstić information content (AvgIpc) is 3.23. The fourth-order valence-electron chi connectivity index (χ4n) is 4.15. The maximum absolute atomic E-state index is 12.8.